The van der Waals surface area contributed by atoms with E-state index >= 15 is 0 Å². The first-order chi connectivity index (χ1) is 9.83. The van der Waals surface area contributed by atoms with Gasteiger partial charge < -0.3 is 5.32 Å². The number of piperazine rings is 1. The zero-order chi connectivity index (χ0) is 13.8. The van der Waals surface area contributed by atoms with Gasteiger partial charge >= 0.3 is 0 Å². The fraction of sp³-hybridized carbons (Fsp3) is 0.312. The summed E-state index contributed by atoms with van der Waals surface area (Å²) in [6, 6.07) is 13.0. The van der Waals surface area contributed by atoms with Gasteiger partial charge in [0.25, 0.3) is 0 Å². The van der Waals surface area contributed by atoms with Gasteiger partial charge in [0.05, 0.1) is 5.02 Å². The fourth-order valence-corrected chi connectivity index (χ4v) is 2.82. The molecular weight excluding hydrogens is 270 g/mol. The standard InChI is InChI=1S/C16H18ClN3/c17-15-10-18-7-6-14(15)11-20-9-8-19-16(12-20)13-4-2-1-3-5-13/h1-7,10,16,19H,8-9,11-12H2. The quantitative estimate of drug-likeness (QED) is 0.941. The third-order valence-electron chi connectivity index (χ3n) is 3.71. The van der Waals surface area contributed by atoms with Crippen LogP contribution in [0.3, 0.4) is 0 Å². The van der Waals surface area contributed by atoms with E-state index in [2.05, 4.69) is 45.5 Å². The first-order valence-corrected chi connectivity index (χ1v) is 7.30. The highest BCUT2D eigenvalue weighted by Crippen LogP contribution is 2.21. The van der Waals surface area contributed by atoms with Crippen molar-refractivity contribution in [3.63, 3.8) is 0 Å². The van der Waals surface area contributed by atoms with Crippen molar-refractivity contribution in [2.24, 2.45) is 0 Å². The Hall–Kier alpha value is -1.42. The van der Waals surface area contributed by atoms with Crippen molar-refractivity contribution >= 4 is 11.6 Å². The average Bonchev–Trinajstić information content (AvgIpc) is 2.51. The lowest BCUT2D eigenvalue weighted by molar-refractivity contribution is 0.193. The Morgan fingerprint density at radius 3 is 2.90 bits per heavy atom. The maximum Gasteiger partial charge on any atom is 0.0634 e. The second kappa shape index (κ2) is 6.35. The Labute approximate surface area is 124 Å². The molecule has 1 aliphatic heterocycles. The first kappa shape index (κ1) is 13.6. The smallest absolute Gasteiger partial charge is 0.0634 e. The van der Waals surface area contributed by atoms with Crippen LogP contribution in [0, 0.1) is 0 Å². The van der Waals surface area contributed by atoms with E-state index in [1.165, 1.54) is 5.56 Å². The molecule has 1 aliphatic rings. The summed E-state index contributed by atoms with van der Waals surface area (Å²) in [6.45, 7) is 3.93. The molecule has 2 aromatic rings. The summed E-state index contributed by atoms with van der Waals surface area (Å²) in [5, 5.41) is 4.33. The van der Waals surface area contributed by atoms with E-state index in [1.54, 1.807) is 12.4 Å². The topological polar surface area (TPSA) is 28.2 Å². The van der Waals surface area contributed by atoms with Gasteiger partial charge in [0.1, 0.15) is 0 Å². The predicted molar refractivity (Wildman–Crippen MR) is 81.7 cm³/mol. The molecule has 0 bridgehead atoms. The Balaban J connectivity index is 1.68. The Morgan fingerprint density at radius 1 is 1.25 bits per heavy atom. The summed E-state index contributed by atoms with van der Waals surface area (Å²) < 4.78 is 0. The van der Waals surface area contributed by atoms with Crippen LogP contribution >= 0.6 is 11.6 Å². The maximum atomic E-state index is 6.19. The molecule has 1 aromatic heterocycles. The van der Waals surface area contributed by atoms with E-state index in [0.29, 0.717) is 6.04 Å². The minimum Gasteiger partial charge on any atom is -0.308 e. The molecule has 1 N–H and O–H groups in total. The molecule has 2 heterocycles. The summed E-state index contributed by atoms with van der Waals surface area (Å²) in [5.41, 5.74) is 2.49. The number of hydrogen-bond donors (Lipinski definition) is 1. The van der Waals surface area contributed by atoms with Crippen LogP contribution < -0.4 is 5.32 Å². The fourth-order valence-electron chi connectivity index (χ4n) is 2.64. The number of pyridine rings is 1. The molecule has 1 fully saturated rings. The van der Waals surface area contributed by atoms with Gasteiger partial charge in [0.2, 0.25) is 0 Å². The van der Waals surface area contributed by atoms with Gasteiger partial charge in [-0.15, -0.1) is 0 Å². The summed E-state index contributed by atoms with van der Waals surface area (Å²) in [4.78, 5) is 6.48. The number of nitrogens with zero attached hydrogens (tertiary/aromatic N) is 2. The Morgan fingerprint density at radius 2 is 2.10 bits per heavy atom. The summed E-state index contributed by atoms with van der Waals surface area (Å²) >= 11 is 6.19. The van der Waals surface area contributed by atoms with Crippen LogP contribution in [0.5, 0.6) is 0 Å². The molecule has 3 rings (SSSR count). The normalized spacial score (nSPS) is 19.9. The van der Waals surface area contributed by atoms with E-state index in [4.69, 9.17) is 11.6 Å². The molecular formula is C16H18ClN3. The van der Waals surface area contributed by atoms with Crippen molar-refractivity contribution < 1.29 is 0 Å². The second-order valence-corrected chi connectivity index (χ2v) is 5.53. The highest BCUT2D eigenvalue weighted by Gasteiger charge is 2.20. The van der Waals surface area contributed by atoms with Crippen molar-refractivity contribution in [3.8, 4) is 0 Å². The summed E-state index contributed by atoms with van der Waals surface area (Å²) in [7, 11) is 0. The highest BCUT2D eigenvalue weighted by molar-refractivity contribution is 6.31. The molecule has 0 aliphatic carbocycles. The minimum absolute atomic E-state index is 0.394. The predicted octanol–water partition coefficient (Wildman–Crippen LogP) is 2.88. The van der Waals surface area contributed by atoms with E-state index in [0.717, 1.165) is 36.8 Å². The van der Waals surface area contributed by atoms with Crippen LogP contribution in [0.2, 0.25) is 5.02 Å². The van der Waals surface area contributed by atoms with Crippen molar-refractivity contribution in [2.45, 2.75) is 12.6 Å². The molecule has 3 nitrogen and oxygen atoms in total. The lowest BCUT2D eigenvalue weighted by atomic mass is 10.0. The second-order valence-electron chi connectivity index (χ2n) is 5.12. The molecule has 4 heteroatoms. The largest absolute Gasteiger partial charge is 0.308 e. The monoisotopic (exact) mass is 287 g/mol. The molecule has 1 aromatic carbocycles. The minimum atomic E-state index is 0.394. The van der Waals surface area contributed by atoms with E-state index in [9.17, 15) is 0 Å². The van der Waals surface area contributed by atoms with Gasteiger partial charge in [-0.05, 0) is 17.2 Å². The number of halogens is 1. The Bertz CT molecular complexity index is 559. The lowest BCUT2D eigenvalue weighted by Gasteiger charge is -2.34. The van der Waals surface area contributed by atoms with Gasteiger partial charge in [-0.25, -0.2) is 0 Å². The lowest BCUT2D eigenvalue weighted by Crippen LogP contribution is -2.45. The van der Waals surface area contributed by atoms with Crippen LogP contribution in [0.15, 0.2) is 48.8 Å². The summed E-state index contributed by atoms with van der Waals surface area (Å²) in [5.74, 6) is 0. The number of aromatic nitrogens is 1. The van der Waals surface area contributed by atoms with Crippen LogP contribution in [0.1, 0.15) is 17.2 Å². The van der Waals surface area contributed by atoms with Crippen molar-refractivity contribution in [3.05, 3.63) is 64.9 Å². The molecule has 0 spiro atoms. The molecule has 1 saturated heterocycles. The molecule has 1 unspecified atom stereocenters. The van der Waals surface area contributed by atoms with Gasteiger partial charge in [-0.3, -0.25) is 9.88 Å². The van der Waals surface area contributed by atoms with Crippen LogP contribution in [0.4, 0.5) is 0 Å². The van der Waals surface area contributed by atoms with E-state index in [1.807, 2.05) is 6.07 Å². The van der Waals surface area contributed by atoms with Crippen LogP contribution in [-0.2, 0) is 6.54 Å². The zero-order valence-corrected chi connectivity index (χ0v) is 12.1. The molecule has 1 atom stereocenters. The van der Waals surface area contributed by atoms with Crippen molar-refractivity contribution in [1.29, 1.82) is 0 Å². The molecule has 0 amide bonds. The third kappa shape index (κ3) is 3.18. The number of nitrogens with one attached hydrogen (secondary N) is 1. The molecule has 104 valence electrons. The zero-order valence-electron chi connectivity index (χ0n) is 11.3. The van der Waals surface area contributed by atoms with E-state index in [-0.39, 0.29) is 0 Å². The van der Waals surface area contributed by atoms with Gasteiger partial charge in [0.15, 0.2) is 0 Å². The van der Waals surface area contributed by atoms with Gasteiger partial charge in [-0.1, -0.05) is 41.9 Å². The van der Waals surface area contributed by atoms with Crippen LogP contribution in [-0.4, -0.2) is 29.5 Å². The molecule has 0 radical (unpaired) electrons. The highest BCUT2D eigenvalue weighted by atomic mass is 35.5. The number of hydrogen-bond acceptors (Lipinski definition) is 3. The van der Waals surface area contributed by atoms with Crippen molar-refractivity contribution in [1.82, 2.24) is 15.2 Å². The number of rotatable bonds is 3. The third-order valence-corrected chi connectivity index (χ3v) is 4.05. The van der Waals surface area contributed by atoms with Crippen LogP contribution in [0.25, 0.3) is 0 Å². The van der Waals surface area contributed by atoms with Crippen molar-refractivity contribution in [2.75, 3.05) is 19.6 Å². The van der Waals surface area contributed by atoms with Gasteiger partial charge in [-0.2, -0.15) is 0 Å². The molecule has 20 heavy (non-hydrogen) atoms. The maximum absolute atomic E-state index is 6.19. The summed E-state index contributed by atoms with van der Waals surface area (Å²) in [6.07, 6.45) is 3.52. The van der Waals surface area contributed by atoms with Gasteiger partial charge in [0, 0.05) is 44.6 Å². The SMILES string of the molecule is Clc1cnccc1CN1CCNC(c2ccccc2)C1. The first-order valence-electron chi connectivity index (χ1n) is 6.92. The average molecular weight is 288 g/mol. The Kier molecular flexibility index (Phi) is 4.31. The van der Waals surface area contributed by atoms with E-state index < -0.39 is 0 Å². The number of benzene rings is 1. The molecule has 0 saturated carbocycles.